The van der Waals surface area contributed by atoms with Crippen LogP contribution in [0.15, 0.2) is 15.9 Å². The zero-order chi connectivity index (χ0) is 10.2. The highest BCUT2D eigenvalue weighted by molar-refractivity contribution is 9.11. The van der Waals surface area contributed by atoms with Gasteiger partial charge in [-0.1, -0.05) is 6.92 Å². The van der Waals surface area contributed by atoms with Crippen LogP contribution in [0.5, 0.6) is 0 Å². The lowest BCUT2D eigenvalue weighted by Crippen LogP contribution is -2.38. The maximum Gasteiger partial charge on any atom is 0.0701 e. The molecule has 0 bridgehead atoms. The smallest absolute Gasteiger partial charge is 0.0701 e. The molecule has 0 aromatic carbocycles. The average Bonchev–Trinajstić information content (AvgIpc) is 2.60. The molecule has 1 aliphatic carbocycles. The van der Waals surface area contributed by atoms with Gasteiger partial charge in [-0.25, -0.2) is 0 Å². The molecule has 2 N–H and O–H groups in total. The molecule has 3 heteroatoms. The Hall–Kier alpha value is 0.140. The summed E-state index contributed by atoms with van der Waals surface area (Å²) < 4.78 is 1.21. The van der Waals surface area contributed by atoms with Crippen LogP contribution in [0.2, 0.25) is 0 Å². The zero-order valence-corrected chi connectivity index (χ0v) is 10.8. The molecule has 1 nitrogen and oxygen atoms in total. The molecule has 0 aliphatic heterocycles. The van der Waals surface area contributed by atoms with Gasteiger partial charge in [-0.3, -0.25) is 0 Å². The molecule has 1 saturated carbocycles. The molecule has 0 saturated heterocycles. The van der Waals surface area contributed by atoms with Gasteiger partial charge < -0.3 is 5.73 Å². The highest BCUT2D eigenvalue weighted by atomic mass is 79.9. The number of thiophene rings is 1. The van der Waals surface area contributed by atoms with E-state index in [2.05, 4.69) is 35.0 Å². The number of nitrogens with two attached hydrogens (primary N) is 1. The Morgan fingerprint density at radius 3 is 2.93 bits per heavy atom. The molecule has 0 radical (unpaired) electrons. The quantitative estimate of drug-likeness (QED) is 0.876. The van der Waals surface area contributed by atoms with Gasteiger partial charge in [0.1, 0.15) is 0 Å². The molecular formula is C11H16BrNS. The number of hydrogen-bond donors (Lipinski definition) is 1. The van der Waals surface area contributed by atoms with Crippen LogP contribution in [-0.4, -0.2) is 5.54 Å². The van der Waals surface area contributed by atoms with E-state index in [4.69, 9.17) is 5.73 Å². The van der Waals surface area contributed by atoms with E-state index in [9.17, 15) is 0 Å². The standard InChI is InChI=1S/C11H16BrNS/c1-8-4-5-11(13,6-8)7-9-2-3-10(12)14-9/h2-3,8H,4-7,13H2,1H3. The minimum atomic E-state index is 0.0731. The summed E-state index contributed by atoms with van der Waals surface area (Å²) in [6, 6.07) is 4.30. The molecular weight excluding hydrogens is 258 g/mol. The number of hydrogen-bond acceptors (Lipinski definition) is 2. The van der Waals surface area contributed by atoms with Crippen molar-refractivity contribution in [2.75, 3.05) is 0 Å². The van der Waals surface area contributed by atoms with E-state index in [1.165, 1.54) is 27.9 Å². The van der Waals surface area contributed by atoms with Crippen molar-refractivity contribution in [3.8, 4) is 0 Å². The number of halogens is 1. The van der Waals surface area contributed by atoms with Crippen LogP contribution in [0, 0.1) is 5.92 Å². The summed E-state index contributed by atoms with van der Waals surface area (Å²) in [6.45, 7) is 2.30. The predicted octanol–water partition coefficient (Wildman–Crippen LogP) is 3.57. The van der Waals surface area contributed by atoms with E-state index in [-0.39, 0.29) is 5.54 Å². The molecule has 1 aromatic rings. The first-order valence-corrected chi connectivity index (χ1v) is 6.71. The summed E-state index contributed by atoms with van der Waals surface area (Å²) >= 11 is 5.30. The van der Waals surface area contributed by atoms with Gasteiger partial charge in [0, 0.05) is 10.4 Å². The Balaban J connectivity index is 2.03. The normalized spacial score (nSPS) is 32.4. The topological polar surface area (TPSA) is 26.0 Å². The second kappa shape index (κ2) is 3.95. The van der Waals surface area contributed by atoms with Crippen LogP contribution in [0.1, 0.15) is 31.1 Å². The van der Waals surface area contributed by atoms with E-state index in [1.54, 1.807) is 0 Å². The minimum Gasteiger partial charge on any atom is -0.325 e. The third kappa shape index (κ3) is 2.38. The fourth-order valence-electron chi connectivity index (χ4n) is 2.39. The van der Waals surface area contributed by atoms with E-state index in [0.29, 0.717) is 0 Å². The molecule has 14 heavy (non-hydrogen) atoms. The van der Waals surface area contributed by atoms with Crippen molar-refractivity contribution >= 4 is 27.3 Å². The molecule has 1 heterocycles. The summed E-state index contributed by atoms with van der Waals surface area (Å²) in [5.41, 5.74) is 6.46. The van der Waals surface area contributed by atoms with Crippen molar-refractivity contribution in [1.29, 1.82) is 0 Å². The summed E-state index contributed by atoms with van der Waals surface area (Å²) in [6.07, 6.45) is 4.71. The Bertz CT molecular complexity index is 323. The van der Waals surface area contributed by atoms with Crippen LogP contribution in [0.4, 0.5) is 0 Å². The Morgan fingerprint density at radius 1 is 1.64 bits per heavy atom. The molecule has 78 valence electrons. The summed E-state index contributed by atoms with van der Waals surface area (Å²) in [5.74, 6) is 0.809. The SMILES string of the molecule is CC1CCC(N)(Cc2ccc(Br)s2)C1. The van der Waals surface area contributed by atoms with Gasteiger partial charge >= 0.3 is 0 Å². The lowest BCUT2D eigenvalue weighted by molar-refractivity contribution is 0.422. The highest BCUT2D eigenvalue weighted by Crippen LogP contribution is 2.36. The number of rotatable bonds is 2. The summed E-state index contributed by atoms with van der Waals surface area (Å²) in [7, 11) is 0. The molecule has 2 rings (SSSR count). The maximum absolute atomic E-state index is 6.38. The van der Waals surface area contributed by atoms with Gasteiger partial charge in [-0.2, -0.15) is 0 Å². The lowest BCUT2D eigenvalue weighted by Gasteiger charge is -2.23. The lowest BCUT2D eigenvalue weighted by atomic mass is 9.93. The van der Waals surface area contributed by atoms with Crippen molar-refractivity contribution < 1.29 is 0 Å². The van der Waals surface area contributed by atoms with Gasteiger partial charge in [0.15, 0.2) is 0 Å². The van der Waals surface area contributed by atoms with Gasteiger partial charge in [0.2, 0.25) is 0 Å². The first-order chi connectivity index (χ1) is 6.57. The molecule has 2 atom stereocenters. The third-order valence-electron chi connectivity index (χ3n) is 3.05. The minimum absolute atomic E-state index is 0.0731. The molecule has 0 spiro atoms. The van der Waals surface area contributed by atoms with Gasteiger partial charge in [0.05, 0.1) is 3.79 Å². The predicted molar refractivity (Wildman–Crippen MR) is 65.7 cm³/mol. The van der Waals surface area contributed by atoms with Crippen LogP contribution in [0.25, 0.3) is 0 Å². The van der Waals surface area contributed by atoms with Gasteiger partial charge in [-0.15, -0.1) is 11.3 Å². The third-order valence-corrected chi connectivity index (χ3v) is 4.67. The Labute approximate surface area is 97.8 Å². The van der Waals surface area contributed by atoms with E-state index < -0.39 is 0 Å². The average molecular weight is 274 g/mol. The monoisotopic (exact) mass is 273 g/mol. The molecule has 0 amide bonds. The van der Waals surface area contributed by atoms with Crippen molar-refractivity contribution in [2.24, 2.45) is 11.7 Å². The van der Waals surface area contributed by atoms with Crippen LogP contribution < -0.4 is 5.73 Å². The molecule has 1 aromatic heterocycles. The Kier molecular flexibility index (Phi) is 3.01. The second-order valence-corrected chi connectivity index (χ2v) is 7.14. The highest BCUT2D eigenvalue weighted by Gasteiger charge is 2.33. The summed E-state index contributed by atoms with van der Waals surface area (Å²) in [5, 5.41) is 0. The first-order valence-electron chi connectivity index (χ1n) is 5.10. The van der Waals surface area contributed by atoms with E-state index in [0.717, 1.165) is 12.3 Å². The Morgan fingerprint density at radius 2 is 2.43 bits per heavy atom. The summed E-state index contributed by atoms with van der Waals surface area (Å²) in [4.78, 5) is 1.41. The van der Waals surface area contributed by atoms with E-state index in [1.807, 2.05) is 11.3 Å². The molecule has 2 unspecified atom stereocenters. The zero-order valence-electron chi connectivity index (χ0n) is 8.42. The van der Waals surface area contributed by atoms with Crippen molar-refractivity contribution in [2.45, 2.75) is 38.1 Å². The van der Waals surface area contributed by atoms with Gasteiger partial charge in [0.25, 0.3) is 0 Å². The van der Waals surface area contributed by atoms with Crippen molar-refractivity contribution in [3.05, 3.63) is 20.8 Å². The van der Waals surface area contributed by atoms with Gasteiger partial charge in [-0.05, 0) is 59.7 Å². The first kappa shape index (κ1) is 10.7. The van der Waals surface area contributed by atoms with Crippen LogP contribution in [-0.2, 0) is 6.42 Å². The van der Waals surface area contributed by atoms with Crippen LogP contribution in [0.3, 0.4) is 0 Å². The fraction of sp³-hybridized carbons (Fsp3) is 0.636. The molecule has 1 aliphatic rings. The molecule has 1 fully saturated rings. The van der Waals surface area contributed by atoms with Crippen molar-refractivity contribution in [3.63, 3.8) is 0 Å². The largest absolute Gasteiger partial charge is 0.325 e. The second-order valence-electron chi connectivity index (χ2n) is 4.59. The van der Waals surface area contributed by atoms with E-state index >= 15 is 0 Å². The van der Waals surface area contributed by atoms with Crippen molar-refractivity contribution in [1.82, 2.24) is 0 Å². The maximum atomic E-state index is 6.38. The fourth-order valence-corrected chi connectivity index (χ4v) is 4.02. The van der Waals surface area contributed by atoms with Crippen LogP contribution >= 0.6 is 27.3 Å².